The van der Waals surface area contributed by atoms with Crippen LogP contribution in [0.15, 0.2) is 46.9 Å². The molecule has 3 amide bonds. The maximum atomic E-state index is 14.5. The summed E-state index contributed by atoms with van der Waals surface area (Å²) in [7, 11) is 0. The Labute approximate surface area is 209 Å². The molecule has 8 nitrogen and oxygen atoms in total. The second kappa shape index (κ2) is 11.7. The van der Waals surface area contributed by atoms with Gasteiger partial charge in [0.25, 0.3) is 5.91 Å². The number of nitrogens with zero attached hydrogens (tertiary/aromatic N) is 4. The smallest absolute Gasteiger partial charge is 0.318 e. The van der Waals surface area contributed by atoms with Crippen LogP contribution >= 0.6 is 11.3 Å². The Hall–Kier alpha value is -2.82. The number of hydrogen-bond acceptors (Lipinski definition) is 6. The maximum absolute atomic E-state index is 14.5. The Morgan fingerprint density at radius 2 is 2.00 bits per heavy atom. The first-order valence-corrected chi connectivity index (χ1v) is 12.8. The number of urea groups is 1. The lowest BCUT2D eigenvalue weighted by Crippen LogP contribution is -2.50. The summed E-state index contributed by atoms with van der Waals surface area (Å²) in [4.78, 5) is 31.2. The van der Waals surface area contributed by atoms with Crippen LogP contribution in [-0.4, -0.2) is 84.4 Å². The fourth-order valence-electron chi connectivity index (χ4n) is 4.21. The van der Waals surface area contributed by atoms with E-state index in [0.29, 0.717) is 44.0 Å². The Morgan fingerprint density at radius 3 is 2.69 bits per heavy atom. The standard InChI is InChI=1S/C25H32FN5O3S/c1-18(2)27-25(33)30(10-9-29-11-13-34-14-12-29)17-24(32)31-22(23-8-5-15-35-23)16-21(28-31)19-6-3-4-7-20(19)26/h3-8,15,18,22H,9-14,16-17H2,1-2H3,(H,27,33)/t22-/m1/s1. The van der Waals surface area contributed by atoms with Crippen molar-refractivity contribution in [1.82, 2.24) is 20.1 Å². The van der Waals surface area contributed by atoms with Crippen LogP contribution in [0, 0.1) is 5.82 Å². The van der Waals surface area contributed by atoms with Gasteiger partial charge in [0.05, 0.1) is 25.0 Å². The van der Waals surface area contributed by atoms with Gasteiger partial charge in [-0.05, 0) is 31.4 Å². The van der Waals surface area contributed by atoms with Crippen molar-refractivity contribution in [3.8, 4) is 0 Å². The van der Waals surface area contributed by atoms with Crippen molar-refractivity contribution in [1.29, 1.82) is 0 Å². The highest BCUT2D eigenvalue weighted by Crippen LogP contribution is 2.35. The highest BCUT2D eigenvalue weighted by Gasteiger charge is 2.35. The molecule has 4 rings (SSSR count). The molecule has 0 saturated carbocycles. The Bertz CT molecular complexity index is 1040. The summed E-state index contributed by atoms with van der Waals surface area (Å²) in [5, 5.41) is 10.8. The lowest BCUT2D eigenvalue weighted by atomic mass is 10.0. The van der Waals surface area contributed by atoms with Crippen LogP contribution in [0.5, 0.6) is 0 Å². The minimum Gasteiger partial charge on any atom is -0.379 e. The van der Waals surface area contributed by atoms with E-state index in [9.17, 15) is 14.0 Å². The molecule has 0 bridgehead atoms. The molecule has 2 aliphatic heterocycles. The van der Waals surface area contributed by atoms with Gasteiger partial charge in [-0.3, -0.25) is 9.69 Å². The minimum absolute atomic E-state index is 0.0557. The molecule has 2 aromatic rings. The van der Waals surface area contributed by atoms with Gasteiger partial charge in [-0.1, -0.05) is 24.3 Å². The van der Waals surface area contributed by atoms with E-state index < -0.39 is 0 Å². The van der Waals surface area contributed by atoms with Crippen LogP contribution in [0.1, 0.15) is 36.8 Å². The summed E-state index contributed by atoms with van der Waals surface area (Å²) in [6.07, 6.45) is 0.416. The number of nitrogens with one attached hydrogen (secondary N) is 1. The molecular weight excluding hydrogens is 469 g/mol. The van der Waals surface area contributed by atoms with Gasteiger partial charge in [0.1, 0.15) is 12.4 Å². The van der Waals surface area contributed by atoms with Crippen LogP contribution < -0.4 is 5.32 Å². The van der Waals surface area contributed by atoms with Crippen LogP contribution in [0.3, 0.4) is 0 Å². The molecular formula is C25H32FN5O3S. The molecule has 3 heterocycles. The second-order valence-corrected chi connectivity index (χ2v) is 9.96. The zero-order chi connectivity index (χ0) is 24.8. The maximum Gasteiger partial charge on any atom is 0.318 e. The molecule has 0 unspecified atom stereocenters. The molecule has 1 aromatic carbocycles. The molecule has 1 fully saturated rings. The normalized spacial score (nSPS) is 18.6. The number of amides is 3. The minimum atomic E-state index is -0.367. The molecule has 0 spiro atoms. The van der Waals surface area contributed by atoms with Gasteiger partial charge in [-0.25, -0.2) is 14.2 Å². The first-order chi connectivity index (χ1) is 16.9. The van der Waals surface area contributed by atoms with Crippen LogP contribution in [-0.2, 0) is 9.53 Å². The van der Waals surface area contributed by atoms with Gasteiger partial charge in [0, 0.05) is 49.1 Å². The first kappa shape index (κ1) is 25.3. The van der Waals surface area contributed by atoms with E-state index >= 15 is 0 Å². The first-order valence-electron chi connectivity index (χ1n) is 12.0. The Morgan fingerprint density at radius 1 is 1.23 bits per heavy atom. The quantitative estimate of drug-likeness (QED) is 0.602. The average Bonchev–Trinajstić information content (AvgIpc) is 3.52. The van der Waals surface area contributed by atoms with E-state index in [1.165, 1.54) is 22.4 Å². The Balaban J connectivity index is 1.53. The molecule has 1 saturated heterocycles. The molecule has 0 radical (unpaired) electrons. The molecule has 10 heteroatoms. The predicted octanol–water partition coefficient (Wildman–Crippen LogP) is 3.32. The van der Waals surface area contributed by atoms with Crippen LogP contribution in [0.25, 0.3) is 0 Å². The number of hydrazone groups is 1. The van der Waals surface area contributed by atoms with Crippen LogP contribution in [0.2, 0.25) is 0 Å². The zero-order valence-electron chi connectivity index (χ0n) is 20.2. The number of carbonyl (C=O) groups excluding carboxylic acids is 2. The summed E-state index contributed by atoms with van der Waals surface area (Å²) in [6, 6.07) is 9.68. The highest BCUT2D eigenvalue weighted by molar-refractivity contribution is 7.10. The average molecular weight is 502 g/mol. The number of thiophene rings is 1. The van der Waals surface area contributed by atoms with E-state index in [1.807, 2.05) is 31.4 Å². The number of morpholine rings is 1. The summed E-state index contributed by atoms with van der Waals surface area (Å²) in [6.45, 7) is 7.66. The van der Waals surface area contributed by atoms with Gasteiger partial charge >= 0.3 is 6.03 Å². The van der Waals surface area contributed by atoms with Crippen molar-refractivity contribution in [3.05, 3.63) is 58.0 Å². The van der Waals surface area contributed by atoms with E-state index in [0.717, 1.165) is 18.0 Å². The van der Waals surface area contributed by atoms with E-state index in [-0.39, 0.29) is 36.4 Å². The fraction of sp³-hybridized carbons (Fsp3) is 0.480. The van der Waals surface area contributed by atoms with Crippen LogP contribution in [0.4, 0.5) is 9.18 Å². The highest BCUT2D eigenvalue weighted by atomic mass is 32.1. The number of ether oxygens (including phenoxy) is 1. The van der Waals surface area contributed by atoms with Gasteiger partial charge in [-0.2, -0.15) is 5.10 Å². The number of rotatable bonds is 8. The predicted molar refractivity (Wildman–Crippen MR) is 134 cm³/mol. The topological polar surface area (TPSA) is 77.5 Å². The monoisotopic (exact) mass is 501 g/mol. The summed E-state index contributed by atoms with van der Waals surface area (Å²) >= 11 is 1.53. The lowest BCUT2D eigenvalue weighted by Gasteiger charge is -2.31. The second-order valence-electron chi connectivity index (χ2n) is 8.98. The Kier molecular flexibility index (Phi) is 8.48. The summed E-state index contributed by atoms with van der Waals surface area (Å²) in [5.74, 6) is -0.662. The largest absolute Gasteiger partial charge is 0.379 e. The van der Waals surface area contributed by atoms with Gasteiger partial charge < -0.3 is 15.0 Å². The third-order valence-corrected chi connectivity index (χ3v) is 7.01. The molecule has 188 valence electrons. The van der Waals surface area contributed by atoms with Crippen molar-refractivity contribution < 1.29 is 18.7 Å². The van der Waals surface area contributed by atoms with Crippen molar-refractivity contribution >= 4 is 29.0 Å². The zero-order valence-corrected chi connectivity index (χ0v) is 21.0. The number of hydrogen-bond donors (Lipinski definition) is 1. The summed E-state index contributed by atoms with van der Waals surface area (Å²) in [5.41, 5.74) is 0.924. The molecule has 1 atom stereocenters. The van der Waals surface area contributed by atoms with Gasteiger partial charge in [0.15, 0.2) is 0 Å². The SMILES string of the molecule is CC(C)NC(=O)N(CCN1CCOCC1)CC(=O)N1N=C(c2ccccc2F)C[C@@H]1c1cccs1. The van der Waals surface area contributed by atoms with Gasteiger partial charge in [0.2, 0.25) is 0 Å². The molecule has 1 N–H and O–H groups in total. The van der Waals surface area contributed by atoms with E-state index in [1.54, 1.807) is 23.1 Å². The third-order valence-electron chi connectivity index (χ3n) is 6.04. The molecule has 2 aliphatic rings. The van der Waals surface area contributed by atoms with Gasteiger partial charge in [-0.15, -0.1) is 11.3 Å². The number of benzene rings is 1. The number of carbonyl (C=O) groups is 2. The number of halogens is 1. The molecule has 35 heavy (non-hydrogen) atoms. The lowest BCUT2D eigenvalue weighted by molar-refractivity contribution is -0.133. The van der Waals surface area contributed by atoms with Crippen molar-refractivity contribution in [2.75, 3.05) is 45.9 Å². The van der Waals surface area contributed by atoms with E-state index in [2.05, 4.69) is 15.3 Å². The van der Waals surface area contributed by atoms with Crippen molar-refractivity contribution in [2.24, 2.45) is 5.10 Å². The third kappa shape index (κ3) is 6.45. The fourth-order valence-corrected chi connectivity index (χ4v) is 5.03. The molecule has 0 aliphatic carbocycles. The summed E-state index contributed by atoms with van der Waals surface area (Å²) < 4.78 is 19.9. The van der Waals surface area contributed by atoms with Crippen molar-refractivity contribution in [3.63, 3.8) is 0 Å². The van der Waals surface area contributed by atoms with Crippen molar-refractivity contribution in [2.45, 2.75) is 32.4 Å². The molecule has 1 aromatic heterocycles. The van der Waals surface area contributed by atoms with E-state index in [4.69, 9.17) is 4.74 Å².